The summed E-state index contributed by atoms with van der Waals surface area (Å²) in [5.74, 6) is -0.339. The molecule has 1 heterocycles. The summed E-state index contributed by atoms with van der Waals surface area (Å²) in [5.41, 5.74) is 1.44. The number of aromatic nitrogens is 1. The van der Waals surface area contributed by atoms with Crippen LogP contribution in [0, 0.1) is 0 Å². The van der Waals surface area contributed by atoms with Crippen LogP contribution in [0.25, 0.3) is 0 Å². The van der Waals surface area contributed by atoms with Crippen LogP contribution < -0.4 is 21.3 Å². The van der Waals surface area contributed by atoms with E-state index in [0.717, 1.165) is 0 Å². The first-order valence-electron chi connectivity index (χ1n) is 8.83. The quantitative estimate of drug-likeness (QED) is 0.467. The third kappa shape index (κ3) is 5.90. The van der Waals surface area contributed by atoms with Gasteiger partial charge in [0.25, 0.3) is 11.8 Å². The van der Waals surface area contributed by atoms with Crippen molar-refractivity contribution in [3.05, 3.63) is 90.1 Å². The van der Waals surface area contributed by atoms with Gasteiger partial charge in [0.15, 0.2) is 16.0 Å². The maximum absolute atomic E-state index is 12.2. The highest BCUT2D eigenvalue weighted by molar-refractivity contribution is 7.80. The van der Waals surface area contributed by atoms with Gasteiger partial charge in [0.2, 0.25) is 0 Å². The molecule has 2 aromatic carbocycles. The molecule has 2 amide bonds. The van der Waals surface area contributed by atoms with Gasteiger partial charge >= 0.3 is 0 Å². The SMILES string of the molecule is O=C(NC(=S)Nc1cccnc1NC(=S)NC(=O)c1ccccc1)c1ccccc1. The highest BCUT2D eigenvalue weighted by atomic mass is 32.1. The van der Waals surface area contributed by atoms with E-state index in [1.807, 2.05) is 12.1 Å². The Morgan fingerprint density at radius 2 is 1.17 bits per heavy atom. The highest BCUT2D eigenvalue weighted by Gasteiger charge is 2.12. The molecule has 0 fully saturated rings. The molecule has 0 atom stereocenters. The molecule has 7 nitrogen and oxygen atoms in total. The van der Waals surface area contributed by atoms with Crippen molar-refractivity contribution in [2.75, 3.05) is 10.6 Å². The van der Waals surface area contributed by atoms with Crippen molar-refractivity contribution in [2.24, 2.45) is 0 Å². The Balaban J connectivity index is 1.61. The average molecular weight is 436 g/mol. The minimum atomic E-state index is -0.343. The lowest BCUT2D eigenvalue weighted by Crippen LogP contribution is -2.36. The van der Waals surface area contributed by atoms with Gasteiger partial charge in [-0.25, -0.2) is 4.98 Å². The summed E-state index contributed by atoms with van der Waals surface area (Å²) >= 11 is 10.4. The van der Waals surface area contributed by atoms with Crippen molar-refractivity contribution in [2.45, 2.75) is 0 Å². The maximum atomic E-state index is 12.2. The lowest BCUT2D eigenvalue weighted by molar-refractivity contribution is 0.0969. The number of nitrogens with one attached hydrogen (secondary N) is 4. The van der Waals surface area contributed by atoms with E-state index in [1.54, 1.807) is 66.9 Å². The van der Waals surface area contributed by atoms with Gasteiger partial charge in [0, 0.05) is 17.3 Å². The molecule has 0 saturated carbocycles. The normalized spacial score (nSPS) is 9.87. The largest absolute Gasteiger partial charge is 0.329 e. The van der Waals surface area contributed by atoms with E-state index >= 15 is 0 Å². The second kappa shape index (κ2) is 10.2. The van der Waals surface area contributed by atoms with Gasteiger partial charge in [-0.3, -0.25) is 20.2 Å². The standard InChI is InChI=1S/C21H17N5O2S2/c27-18(14-8-3-1-4-9-14)25-20(29)23-16-12-7-13-22-17(16)24-21(30)26-19(28)15-10-5-2-6-11-15/h1-13H,(H2,23,25,27,29)(H2,22,24,26,28,30). The van der Waals surface area contributed by atoms with Crippen molar-refractivity contribution in [3.63, 3.8) is 0 Å². The van der Waals surface area contributed by atoms with Gasteiger partial charge in [-0.2, -0.15) is 0 Å². The van der Waals surface area contributed by atoms with Crippen LogP contribution in [0.1, 0.15) is 20.7 Å². The molecule has 0 aliphatic carbocycles. The van der Waals surface area contributed by atoms with E-state index in [0.29, 0.717) is 22.6 Å². The summed E-state index contributed by atoms with van der Waals surface area (Å²) in [6.45, 7) is 0. The molecule has 3 aromatic rings. The molecule has 4 N–H and O–H groups in total. The smallest absolute Gasteiger partial charge is 0.257 e. The summed E-state index contributed by atoms with van der Waals surface area (Å²) in [6.07, 6.45) is 1.56. The Hall–Kier alpha value is -3.69. The molecular weight excluding hydrogens is 418 g/mol. The van der Waals surface area contributed by atoms with Crippen LogP contribution in [0.4, 0.5) is 11.5 Å². The molecule has 0 saturated heterocycles. The van der Waals surface area contributed by atoms with E-state index in [2.05, 4.69) is 26.3 Å². The van der Waals surface area contributed by atoms with E-state index in [9.17, 15) is 9.59 Å². The molecule has 150 valence electrons. The fourth-order valence-electron chi connectivity index (χ4n) is 2.43. The van der Waals surface area contributed by atoms with Gasteiger partial charge in [0.1, 0.15) is 0 Å². The predicted octanol–water partition coefficient (Wildman–Crippen LogP) is 3.34. The zero-order chi connectivity index (χ0) is 21.3. The molecule has 3 rings (SSSR count). The van der Waals surface area contributed by atoms with Crippen LogP contribution in [0.15, 0.2) is 79.0 Å². The van der Waals surface area contributed by atoms with Gasteiger partial charge in [-0.05, 0) is 60.8 Å². The van der Waals surface area contributed by atoms with Gasteiger partial charge in [-0.15, -0.1) is 0 Å². The zero-order valence-corrected chi connectivity index (χ0v) is 17.2. The highest BCUT2D eigenvalue weighted by Crippen LogP contribution is 2.17. The molecule has 0 spiro atoms. The van der Waals surface area contributed by atoms with E-state index < -0.39 is 0 Å². The molecule has 0 aliphatic rings. The first-order valence-corrected chi connectivity index (χ1v) is 9.64. The van der Waals surface area contributed by atoms with E-state index in [1.165, 1.54) is 0 Å². The first-order chi connectivity index (χ1) is 14.5. The van der Waals surface area contributed by atoms with Crippen LogP contribution in [0.3, 0.4) is 0 Å². The molecular formula is C21H17N5O2S2. The number of hydrogen-bond donors (Lipinski definition) is 4. The average Bonchev–Trinajstić information content (AvgIpc) is 2.76. The number of amides is 2. The number of benzene rings is 2. The summed E-state index contributed by atoms with van der Waals surface area (Å²) in [6, 6.07) is 20.8. The van der Waals surface area contributed by atoms with Crippen molar-refractivity contribution in [3.8, 4) is 0 Å². The van der Waals surface area contributed by atoms with Gasteiger partial charge in [0.05, 0.1) is 5.69 Å². The van der Waals surface area contributed by atoms with Crippen molar-refractivity contribution < 1.29 is 9.59 Å². The molecule has 1 aromatic heterocycles. The van der Waals surface area contributed by atoms with Gasteiger partial charge in [-0.1, -0.05) is 36.4 Å². The molecule has 30 heavy (non-hydrogen) atoms. The number of pyridine rings is 1. The van der Waals surface area contributed by atoms with Crippen molar-refractivity contribution in [1.82, 2.24) is 15.6 Å². The lowest BCUT2D eigenvalue weighted by Gasteiger charge is -2.14. The molecule has 9 heteroatoms. The Bertz CT molecular complexity index is 989. The summed E-state index contributed by atoms with van der Waals surface area (Å²) in [7, 11) is 0. The van der Waals surface area contributed by atoms with E-state index in [-0.39, 0.29) is 22.0 Å². The number of anilines is 2. The lowest BCUT2D eigenvalue weighted by atomic mass is 10.2. The predicted molar refractivity (Wildman–Crippen MR) is 124 cm³/mol. The fourth-order valence-corrected chi connectivity index (χ4v) is 2.82. The van der Waals surface area contributed by atoms with Crippen LogP contribution in [0.2, 0.25) is 0 Å². The van der Waals surface area contributed by atoms with E-state index in [4.69, 9.17) is 24.4 Å². The minimum Gasteiger partial charge on any atom is -0.329 e. The Morgan fingerprint density at radius 1 is 0.667 bits per heavy atom. The number of thiocarbonyl (C=S) groups is 2. The number of nitrogens with zero attached hydrogens (tertiary/aromatic N) is 1. The van der Waals surface area contributed by atoms with Crippen molar-refractivity contribution in [1.29, 1.82) is 0 Å². The van der Waals surface area contributed by atoms with Crippen LogP contribution in [0.5, 0.6) is 0 Å². The van der Waals surface area contributed by atoms with Crippen LogP contribution in [-0.4, -0.2) is 27.0 Å². The summed E-state index contributed by atoms with van der Waals surface area (Å²) in [5, 5.41) is 11.1. The summed E-state index contributed by atoms with van der Waals surface area (Å²) in [4.78, 5) is 28.7. The zero-order valence-electron chi connectivity index (χ0n) is 15.6. The second-order valence-electron chi connectivity index (χ2n) is 5.95. The Kier molecular flexibility index (Phi) is 7.14. The topological polar surface area (TPSA) is 95.2 Å². The molecule has 0 bridgehead atoms. The number of hydrogen-bond acceptors (Lipinski definition) is 5. The first kappa shape index (κ1) is 21.0. The molecule has 0 aliphatic heterocycles. The third-order valence-corrected chi connectivity index (χ3v) is 4.22. The number of carbonyl (C=O) groups is 2. The van der Waals surface area contributed by atoms with Crippen LogP contribution in [-0.2, 0) is 0 Å². The van der Waals surface area contributed by atoms with Gasteiger partial charge < -0.3 is 10.6 Å². The molecule has 0 radical (unpaired) electrons. The summed E-state index contributed by atoms with van der Waals surface area (Å²) < 4.78 is 0. The second-order valence-corrected chi connectivity index (χ2v) is 6.76. The monoisotopic (exact) mass is 435 g/mol. The Morgan fingerprint density at radius 3 is 1.70 bits per heavy atom. The number of rotatable bonds is 4. The number of carbonyl (C=O) groups excluding carboxylic acids is 2. The van der Waals surface area contributed by atoms with Crippen molar-refractivity contribution >= 4 is 58.0 Å². The Labute approximate surface area is 183 Å². The molecule has 0 unspecified atom stereocenters. The van der Waals surface area contributed by atoms with Crippen LogP contribution >= 0.6 is 24.4 Å². The maximum Gasteiger partial charge on any atom is 0.257 e. The third-order valence-electron chi connectivity index (χ3n) is 3.81. The minimum absolute atomic E-state index is 0.0739. The fraction of sp³-hybridized carbons (Fsp3) is 0.